The average Bonchev–Trinajstić information content (AvgIpc) is 2.98. The van der Waals surface area contributed by atoms with Crippen molar-refractivity contribution in [2.24, 2.45) is 0 Å². The van der Waals surface area contributed by atoms with Gasteiger partial charge in [-0.3, -0.25) is 9.59 Å². The molecule has 8 heteroatoms. The van der Waals surface area contributed by atoms with Crippen molar-refractivity contribution in [2.75, 3.05) is 6.61 Å². The van der Waals surface area contributed by atoms with E-state index in [1.165, 1.54) is 62.1 Å². The van der Waals surface area contributed by atoms with E-state index in [-0.39, 0.29) is 21.1 Å². The van der Waals surface area contributed by atoms with Crippen molar-refractivity contribution in [1.29, 1.82) is 0 Å². The molecule has 0 aromatic heterocycles. The highest BCUT2D eigenvalue weighted by atomic mass is 32.2. The van der Waals surface area contributed by atoms with Gasteiger partial charge in [0.1, 0.15) is 5.75 Å². The number of carbonyl (C=O) groups is 2. The molecule has 0 saturated heterocycles. The molecule has 0 bridgehead atoms. The monoisotopic (exact) mass is 431 g/mol. The zero-order chi connectivity index (χ0) is 21.6. The lowest BCUT2D eigenvalue weighted by Gasteiger charge is -2.13. The van der Waals surface area contributed by atoms with Crippen LogP contribution in [0.4, 0.5) is 0 Å². The highest BCUT2D eigenvalue weighted by molar-refractivity contribution is 7.86. The maximum Gasteiger partial charge on any atom is 0.318 e. The molecule has 1 heterocycles. The van der Waals surface area contributed by atoms with E-state index in [0.717, 1.165) is 12.8 Å². The summed E-state index contributed by atoms with van der Waals surface area (Å²) in [5.41, 5.74) is 0.215. The van der Waals surface area contributed by atoms with Gasteiger partial charge >= 0.3 is 10.1 Å². The van der Waals surface area contributed by atoms with E-state index < -0.39 is 21.9 Å². The minimum atomic E-state index is -4.35. The van der Waals surface area contributed by atoms with Gasteiger partial charge in [0, 0.05) is 0 Å². The zero-order valence-electron chi connectivity index (χ0n) is 16.9. The molecule has 1 aliphatic rings. The largest absolute Gasteiger partial charge is 0.494 e. The van der Waals surface area contributed by atoms with E-state index in [0.29, 0.717) is 12.4 Å². The van der Waals surface area contributed by atoms with Gasteiger partial charge in [0.2, 0.25) is 0 Å². The molecule has 0 fully saturated rings. The van der Waals surface area contributed by atoms with Crippen LogP contribution in [0.2, 0.25) is 0 Å². The molecule has 0 atom stereocenters. The SMILES string of the molecule is CCCCCCCCOc1ccc(S(=O)(=O)ON2C(=O)c3ccccc3C2=O)cc1. The predicted octanol–water partition coefficient (Wildman–Crippen LogP) is 4.34. The number of hydrogen-bond acceptors (Lipinski definition) is 6. The van der Waals surface area contributed by atoms with Crippen LogP contribution < -0.4 is 4.74 Å². The van der Waals surface area contributed by atoms with E-state index in [2.05, 4.69) is 6.92 Å². The molecule has 30 heavy (non-hydrogen) atoms. The fourth-order valence-corrected chi connectivity index (χ4v) is 4.04. The van der Waals surface area contributed by atoms with Crippen molar-refractivity contribution in [3.63, 3.8) is 0 Å². The van der Waals surface area contributed by atoms with Crippen LogP contribution in [0.25, 0.3) is 0 Å². The van der Waals surface area contributed by atoms with Crippen LogP contribution in [0.15, 0.2) is 53.4 Å². The van der Waals surface area contributed by atoms with Gasteiger partial charge in [0.05, 0.1) is 22.6 Å². The molecule has 0 radical (unpaired) electrons. The summed E-state index contributed by atoms with van der Waals surface area (Å²) in [4.78, 5) is 24.4. The topological polar surface area (TPSA) is 90.0 Å². The summed E-state index contributed by atoms with van der Waals surface area (Å²) >= 11 is 0. The second-order valence-electron chi connectivity index (χ2n) is 7.07. The van der Waals surface area contributed by atoms with E-state index in [4.69, 9.17) is 9.02 Å². The number of imide groups is 1. The highest BCUT2D eigenvalue weighted by Gasteiger charge is 2.39. The minimum Gasteiger partial charge on any atom is -0.494 e. The summed E-state index contributed by atoms with van der Waals surface area (Å²) in [6, 6.07) is 11.8. The number of rotatable bonds is 11. The van der Waals surface area contributed by atoms with E-state index in [1.54, 1.807) is 12.1 Å². The number of benzene rings is 2. The molecule has 7 nitrogen and oxygen atoms in total. The number of ether oxygens (including phenoxy) is 1. The van der Waals surface area contributed by atoms with Gasteiger partial charge in [0.15, 0.2) is 0 Å². The third-order valence-corrected chi connectivity index (χ3v) is 6.00. The fourth-order valence-electron chi connectivity index (χ4n) is 3.15. The lowest BCUT2D eigenvalue weighted by Crippen LogP contribution is -2.32. The van der Waals surface area contributed by atoms with E-state index >= 15 is 0 Å². The first-order chi connectivity index (χ1) is 14.4. The van der Waals surface area contributed by atoms with Gasteiger partial charge < -0.3 is 4.74 Å². The average molecular weight is 432 g/mol. The van der Waals surface area contributed by atoms with Gasteiger partial charge in [-0.2, -0.15) is 8.42 Å². The molecule has 160 valence electrons. The predicted molar refractivity (Wildman–Crippen MR) is 111 cm³/mol. The lowest BCUT2D eigenvalue weighted by molar-refractivity contribution is -0.0103. The maximum absolute atomic E-state index is 12.5. The molecular formula is C22H25NO6S. The van der Waals surface area contributed by atoms with Crippen molar-refractivity contribution in [1.82, 2.24) is 5.06 Å². The number of hydroxylamine groups is 2. The molecule has 2 aromatic rings. The smallest absolute Gasteiger partial charge is 0.318 e. The number of nitrogens with zero attached hydrogens (tertiary/aromatic N) is 1. The van der Waals surface area contributed by atoms with Crippen molar-refractivity contribution in [3.05, 3.63) is 59.7 Å². The van der Waals surface area contributed by atoms with Crippen LogP contribution >= 0.6 is 0 Å². The summed E-state index contributed by atoms with van der Waals surface area (Å²) in [5, 5.41) is 0.281. The van der Waals surface area contributed by atoms with Crippen LogP contribution in [0.3, 0.4) is 0 Å². The molecule has 2 aromatic carbocycles. The summed E-state index contributed by atoms with van der Waals surface area (Å²) in [6.07, 6.45) is 6.91. The molecule has 0 saturated carbocycles. The maximum atomic E-state index is 12.5. The number of carbonyl (C=O) groups excluding carboxylic acids is 2. The number of amides is 2. The Morgan fingerprint density at radius 3 is 1.97 bits per heavy atom. The van der Waals surface area contributed by atoms with Gasteiger partial charge in [-0.25, -0.2) is 0 Å². The standard InChI is InChI=1S/C22H25NO6S/c1-2-3-4-5-6-9-16-28-17-12-14-18(15-13-17)30(26,27)29-23-21(24)19-10-7-8-11-20(19)22(23)25/h7-8,10-15H,2-6,9,16H2,1H3. The molecule has 0 N–H and O–H groups in total. The Morgan fingerprint density at radius 2 is 1.37 bits per heavy atom. The summed E-state index contributed by atoms with van der Waals surface area (Å²) in [5.74, 6) is -1.07. The second-order valence-corrected chi connectivity index (χ2v) is 8.60. The van der Waals surface area contributed by atoms with Gasteiger partial charge in [-0.15, -0.1) is 9.35 Å². The van der Waals surface area contributed by atoms with Crippen LogP contribution in [0, 0.1) is 0 Å². The minimum absolute atomic E-state index is 0.108. The number of hydrogen-bond donors (Lipinski definition) is 0. The van der Waals surface area contributed by atoms with Gasteiger partial charge in [-0.1, -0.05) is 51.2 Å². The van der Waals surface area contributed by atoms with Crippen molar-refractivity contribution >= 4 is 21.9 Å². The van der Waals surface area contributed by atoms with Crippen molar-refractivity contribution in [2.45, 2.75) is 50.3 Å². The number of fused-ring (bicyclic) bond motifs is 1. The van der Waals surface area contributed by atoms with Crippen molar-refractivity contribution < 1.29 is 27.0 Å². The van der Waals surface area contributed by atoms with E-state index in [9.17, 15) is 18.0 Å². The summed E-state index contributed by atoms with van der Waals surface area (Å²) in [7, 11) is -4.35. The quantitative estimate of drug-likeness (QED) is 0.388. The molecule has 1 aliphatic heterocycles. The molecule has 0 spiro atoms. The fraction of sp³-hybridized carbons (Fsp3) is 0.364. The third kappa shape index (κ3) is 5.06. The second kappa shape index (κ2) is 9.86. The summed E-state index contributed by atoms with van der Waals surface area (Å²) in [6.45, 7) is 2.74. The van der Waals surface area contributed by atoms with Gasteiger partial charge in [-0.05, 0) is 42.8 Å². The van der Waals surface area contributed by atoms with Crippen LogP contribution in [-0.4, -0.2) is 31.9 Å². The normalized spacial score (nSPS) is 13.6. The lowest BCUT2D eigenvalue weighted by atomic mass is 10.1. The first kappa shape index (κ1) is 22.0. The Kier molecular flexibility index (Phi) is 7.23. The van der Waals surface area contributed by atoms with Gasteiger partial charge in [0.25, 0.3) is 11.8 Å². The Balaban J connectivity index is 1.56. The van der Waals surface area contributed by atoms with Crippen molar-refractivity contribution in [3.8, 4) is 5.75 Å². The molecule has 2 amide bonds. The Morgan fingerprint density at radius 1 is 0.800 bits per heavy atom. The Labute approximate surface area is 176 Å². The molecular weight excluding hydrogens is 406 g/mol. The first-order valence-electron chi connectivity index (χ1n) is 10.1. The third-order valence-electron chi connectivity index (χ3n) is 4.81. The molecule has 0 unspecified atom stereocenters. The molecule has 0 aliphatic carbocycles. The highest BCUT2D eigenvalue weighted by Crippen LogP contribution is 2.26. The van der Waals surface area contributed by atoms with Crippen LogP contribution in [-0.2, 0) is 14.4 Å². The number of unbranched alkanes of at least 4 members (excludes halogenated alkanes) is 5. The Bertz CT molecular complexity index is 966. The molecule has 3 rings (SSSR count). The Hall–Kier alpha value is -2.71. The first-order valence-corrected chi connectivity index (χ1v) is 11.5. The van der Waals surface area contributed by atoms with Crippen LogP contribution in [0.1, 0.15) is 66.2 Å². The summed E-state index contributed by atoms with van der Waals surface area (Å²) < 4.78 is 35.5. The van der Waals surface area contributed by atoms with E-state index in [1.807, 2.05) is 0 Å². The zero-order valence-corrected chi connectivity index (χ0v) is 17.7. The van der Waals surface area contributed by atoms with Crippen LogP contribution in [0.5, 0.6) is 5.75 Å².